The Bertz CT molecular complexity index is 3910. The zero-order valence-corrected chi connectivity index (χ0v) is 70.0. The fourth-order valence-electron chi connectivity index (χ4n) is 18.2. The van der Waals surface area contributed by atoms with Gasteiger partial charge in [-0.15, -0.1) is 0 Å². The smallest absolute Gasteiger partial charge is 0.342 e. The summed E-state index contributed by atoms with van der Waals surface area (Å²) in [6.45, 7) is 24.8. The van der Waals surface area contributed by atoms with Gasteiger partial charge in [-0.05, 0) is 72.6 Å². The molecule has 0 amide bonds. The van der Waals surface area contributed by atoms with Crippen LogP contribution in [0, 0.1) is 29.9 Å². The Kier molecular flexibility index (Phi) is 28.8. The molecule has 11 aliphatic heterocycles. The summed E-state index contributed by atoms with van der Waals surface area (Å²) in [6, 6.07) is 3.23. The zero-order valence-electron chi connectivity index (χ0n) is 68.5. The van der Waals surface area contributed by atoms with Gasteiger partial charge in [0.05, 0.1) is 87.5 Å². The number of nitrogens with zero attached hydrogens (tertiary/aromatic N) is 1. The van der Waals surface area contributed by atoms with E-state index < -0.39 is 230 Å². The summed E-state index contributed by atoms with van der Waals surface area (Å²) in [7, 11) is 6.66. The van der Waals surface area contributed by atoms with E-state index in [-0.39, 0.29) is 110 Å². The van der Waals surface area contributed by atoms with E-state index in [4.69, 9.17) is 156 Å². The molecule has 0 saturated carbocycles. The molecule has 666 valence electrons. The summed E-state index contributed by atoms with van der Waals surface area (Å²) in [5, 5.41) is 74.6. The molecule has 2 aromatic rings. The highest BCUT2D eigenvalue weighted by Gasteiger charge is 2.71. The number of benzene rings is 2. The summed E-state index contributed by atoms with van der Waals surface area (Å²) in [5.41, 5.74) is -2.74. The number of carbonyl (C=O) groups is 2. The lowest BCUT2D eigenvalue weighted by atomic mass is 9.81. The van der Waals surface area contributed by atoms with Crippen LogP contribution in [-0.4, -0.2) is 332 Å². The van der Waals surface area contributed by atoms with E-state index >= 15 is 0 Å². The number of aliphatic hydroxyl groups excluding tert-OH is 5. The Morgan fingerprint density at radius 2 is 1.30 bits per heavy atom. The molecule has 2 spiro atoms. The van der Waals surface area contributed by atoms with E-state index in [1.54, 1.807) is 73.6 Å². The third kappa shape index (κ3) is 17.5. The summed E-state index contributed by atoms with van der Waals surface area (Å²) >= 11 is 13.5. The van der Waals surface area contributed by atoms with Crippen molar-refractivity contribution in [2.24, 2.45) is 5.92 Å². The molecule has 0 aliphatic carbocycles. The maximum Gasteiger partial charge on any atom is 0.342 e. The number of hydrogen-bond donors (Lipinski definition) is 5. The Morgan fingerprint density at radius 1 is 0.613 bits per heavy atom. The minimum Gasteiger partial charge on any atom is -0.494 e. The molecule has 2 aromatic carbocycles. The van der Waals surface area contributed by atoms with Crippen molar-refractivity contribution in [1.82, 2.24) is 0 Å². The minimum absolute atomic E-state index is 0.00339. The van der Waals surface area contributed by atoms with Crippen molar-refractivity contribution >= 4 is 35.1 Å². The molecule has 11 heterocycles. The highest BCUT2D eigenvalue weighted by atomic mass is 35.5. The molecule has 0 unspecified atom stereocenters. The number of esters is 2. The van der Waals surface area contributed by atoms with Gasteiger partial charge < -0.3 is 158 Å². The predicted molar refractivity (Wildman–Crippen MR) is 404 cm³/mol. The Balaban J connectivity index is 0.652. The van der Waals surface area contributed by atoms with Gasteiger partial charge in [-0.3, -0.25) is 10.1 Å². The van der Waals surface area contributed by atoms with Crippen LogP contribution in [0.3, 0.4) is 0 Å². The Labute approximate surface area is 697 Å². The monoisotopic (exact) mass is 1730 g/mol. The van der Waals surface area contributed by atoms with Crippen molar-refractivity contribution < 1.29 is 173 Å². The predicted octanol–water partition coefficient (Wildman–Crippen LogP) is 4.11. The lowest BCUT2D eigenvalue weighted by Gasteiger charge is -2.50. The molecule has 11 saturated heterocycles. The number of aryl methyl sites for hydroxylation is 1. The molecule has 38 nitrogen and oxygen atoms in total. The first-order valence-electron chi connectivity index (χ1n) is 39.5. The van der Waals surface area contributed by atoms with Crippen LogP contribution < -0.4 is 18.9 Å². The van der Waals surface area contributed by atoms with Gasteiger partial charge in [0.15, 0.2) is 67.4 Å². The average molecular weight is 1740 g/mol. The largest absolute Gasteiger partial charge is 0.494 e. The first-order valence-corrected chi connectivity index (χ1v) is 40.2. The number of hydrogen-bond acceptors (Lipinski definition) is 37. The maximum atomic E-state index is 14.6. The van der Waals surface area contributed by atoms with Crippen LogP contribution in [0.25, 0.3) is 0 Å². The average Bonchev–Trinajstić information content (AvgIpc) is 1.57. The maximum absolute atomic E-state index is 14.6. The number of halogens is 2. The number of carbonyl (C=O) groups excluding carboxylic acids is 2. The molecule has 40 heteroatoms. The van der Waals surface area contributed by atoms with Crippen molar-refractivity contribution in [3.63, 3.8) is 0 Å². The number of rotatable bonds is 29. The zero-order chi connectivity index (χ0) is 85.8. The van der Waals surface area contributed by atoms with E-state index in [1.165, 1.54) is 54.6 Å². The van der Waals surface area contributed by atoms with Gasteiger partial charge in [0.1, 0.15) is 145 Å². The van der Waals surface area contributed by atoms with Gasteiger partial charge in [-0.2, -0.15) is 0 Å². The second kappa shape index (κ2) is 37.5. The van der Waals surface area contributed by atoms with E-state index in [9.17, 15) is 45.2 Å². The summed E-state index contributed by atoms with van der Waals surface area (Å²) in [6.07, 6.45) is -34.0. The van der Waals surface area contributed by atoms with Crippen LogP contribution in [0.2, 0.25) is 10.0 Å². The third-order valence-corrected chi connectivity index (χ3v) is 24.6. The number of fused-ring (bicyclic) bond motifs is 4. The molecule has 0 bridgehead atoms. The molecular formula is C79H109Cl2NO37. The van der Waals surface area contributed by atoms with Crippen LogP contribution in [0.5, 0.6) is 23.0 Å². The molecular weight excluding hydrogens is 1630 g/mol. The molecule has 5 N–H and O–H groups in total. The van der Waals surface area contributed by atoms with Gasteiger partial charge in [-0.25, -0.2) is 9.59 Å². The van der Waals surface area contributed by atoms with E-state index in [0.29, 0.717) is 11.3 Å². The van der Waals surface area contributed by atoms with Crippen molar-refractivity contribution in [1.29, 1.82) is 0 Å². The van der Waals surface area contributed by atoms with Crippen LogP contribution >= 0.6 is 23.2 Å². The lowest BCUT2D eigenvalue weighted by molar-refractivity contribution is -0.595. The minimum atomic E-state index is -2.05. The lowest BCUT2D eigenvalue weighted by Crippen LogP contribution is -2.68. The topological polar surface area (TPSA) is 437 Å². The number of ether oxygens (including phenoxy) is 28. The number of nitro groups is 1. The van der Waals surface area contributed by atoms with E-state index in [0.717, 1.165) is 0 Å². The number of aliphatic hydroxyl groups is 5. The number of methoxy groups -OCH3 is 5. The molecule has 0 radical (unpaired) electrons. The summed E-state index contributed by atoms with van der Waals surface area (Å²) < 4.78 is 173. The van der Waals surface area contributed by atoms with E-state index in [1.807, 2.05) is 0 Å². The van der Waals surface area contributed by atoms with Crippen LogP contribution in [0.15, 0.2) is 50.1 Å². The van der Waals surface area contributed by atoms with Crippen molar-refractivity contribution in [3.8, 4) is 23.0 Å². The highest BCUT2D eigenvalue weighted by Crippen LogP contribution is 2.54. The second-order valence-corrected chi connectivity index (χ2v) is 32.5. The van der Waals surface area contributed by atoms with Gasteiger partial charge >= 0.3 is 17.9 Å². The van der Waals surface area contributed by atoms with Crippen molar-refractivity contribution in [3.05, 3.63) is 92.5 Å². The second-order valence-electron chi connectivity index (χ2n) is 31.7. The van der Waals surface area contributed by atoms with Gasteiger partial charge in [0.2, 0.25) is 0 Å². The Morgan fingerprint density at radius 3 is 1.98 bits per heavy atom. The van der Waals surface area contributed by atoms with Crippen molar-refractivity contribution in [2.75, 3.05) is 82.0 Å². The molecule has 35 atom stereocenters. The highest BCUT2D eigenvalue weighted by molar-refractivity contribution is 6.39. The molecule has 11 aliphatic rings. The quantitative estimate of drug-likeness (QED) is 0.0331. The van der Waals surface area contributed by atoms with Gasteiger partial charge in [-0.1, -0.05) is 61.2 Å². The Hall–Kier alpha value is -5.30. The molecule has 13 rings (SSSR count). The summed E-state index contributed by atoms with van der Waals surface area (Å²) in [4.78, 5) is 41.0. The third-order valence-electron chi connectivity index (χ3n) is 23.8. The molecule has 0 aromatic heterocycles. The standard InChI is InChI=1S/C79H109Cl2NO37/c1-18-21-97-40-24-33(4)49(42(25-40)98-22-19-2)70(88)109-46-31-103-79(69-61(46)101-32-102-69)116-47-30-100-72(55(85)60(47)117-79)114-74-65(95-16)54(84)59(45(110-74)29-92-13)112-73-56(86)64(58(93-14)37(8)106-73)113-75-66(87)77(12)68(39(10)107-75)118-78(119-77)27-41(83)51(35(6)115-78)43-26-44(108-48-28-76(11,82(90)91)67(96-17)38(9)105-48)57(36(7)104-43)111-71(89)50-34(5)52(80)63(99-23-20-3)53(81)62(50)94-15/h18-20,24-25,35-39,41,43-48,51,54-61,64-69,72-75,83-87H,1-3,21-23,26-32H2,4-17H3/t35-,36-,37-,38+,39-,41-,43-,44-,45-,46-,47+,48+,51-,54+,55-,56-,57-,58+,59-,60-,61+,64-,65+,66-,67+,68-,69-,72+,73+,74+,75+,76-,77-,78-,79-/m1/s1. The first-order chi connectivity index (χ1) is 56.7. The van der Waals surface area contributed by atoms with Gasteiger partial charge in [0, 0.05) is 58.7 Å². The normalized spacial score (nSPS) is 43.2. The fraction of sp³-hybridized carbons (Fsp3) is 0.747. The summed E-state index contributed by atoms with van der Waals surface area (Å²) in [5.74, 6) is -6.06. The van der Waals surface area contributed by atoms with Gasteiger partial charge in [0.25, 0.3) is 11.5 Å². The van der Waals surface area contributed by atoms with Crippen LogP contribution in [0.4, 0.5) is 0 Å². The fourth-order valence-corrected chi connectivity index (χ4v) is 18.8. The van der Waals surface area contributed by atoms with Crippen molar-refractivity contribution in [2.45, 2.75) is 289 Å². The van der Waals surface area contributed by atoms with E-state index in [2.05, 4.69) is 19.7 Å². The van der Waals surface area contributed by atoms with Crippen LogP contribution in [0.1, 0.15) is 99.6 Å². The molecule has 11 fully saturated rings. The first kappa shape index (κ1) is 91.4. The SMILES string of the molecule is C=CCOc1cc(C)c(C(=O)O[C@@H]2CO[C@]3(O[C@H]4[C@@H](O)[C@H](O[C@@H]5O[C@H](COC)[C@@H](O[C@@H]6O[C@H](C)[C@H](OC)[C@H](O[C@@H]7O[C@H](C)[C@H]8O[C@]9(C[C@@H](O)[C@H]([C@H]%10C[C@@H](O[C@H]%11C[C@@](C)([N+](=O)[O-])[C@@H](OC)[C@H](C)O%11)[C@H](OC(=O)c%11c(C)c(Cl)c(OCC=C)c(Cl)c%11OC)[C@@H](C)O%10)[C@@H](C)O9)O[C@]8(C)[C@@H]7O)[C@H]6O)[C@H](O)[C@@H]5OC)OC[C@@H]4O3)[C@@H]3OCO[C@H]32)c(OCC=C)c1. The van der Waals surface area contributed by atoms with Crippen LogP contribution in [-0.2, 0) is 114 Å². The molecule has 119 heavy (non-hydrogen) atoms.